The van der Waals surface area contributed by atoms with Crippen LogP contribution >= 0.6 is 0 Å². The van der Waals surface area contributed by atoms with Crippen LogP contribution in [0.2, 0.25) is 0 Å². The molecule has 1 aliphatic heterocycles. The third kappa shape index (κ3) is 5.49. The van der Waals surface area contributed by atoms with Crippen molar-refractivity contribution in [2.75, 3.05) is 31.6 Å². The molecule has 1 fully saturated rings. The van der Waals surface area contributed by atoms with E-state index in [1.807, 2.05) is 30.5 Å². The number of carbonyl (C=O) groups excluding carboxylic acids is 2. The average molecular weight is 423 g/mol. The zero-order valence-corrected chi connectivity index (χ0v) is 17.3. The van der Waals surface area contributed by atoms with Crippen molar-refractivity contribution in [2.24, 2.45) is 5.92 Å². The lowest BCUT2D eigenvalue weighted by Gasteiger charge is -2.31. The number of carbonyl (C=O) groups is 2. The molecule has 0 spiro atoms. The maximum absolute atomic E-state index is 13.0. The molecule has 1 amide bonds. The summed E-state index contributed by atoms with van der Waals surface area (Å²) in [7, 11) is 0. The number of benzene rings is 2. The number of rotatable bonds is 7. The molecule has 1 saturated heterocycles. The van der Waals surface area contributed by atoms with Gasteiger partial charge in [0.1, 0.15) is 5.82 Å². The fraction of sp³-hybridized carbons (Fsp3) is 0.333. The summed E-state index contributed by atoms with van der Waals surface area (Å²) in [5.74, 6) is -0.248. The Morgan fingerprint density at radius 2 is 1.87 bits per heavy atom. The lowest BCUT2D eigenvalue weighted by molar-refractivity contribution is 0.0830. The first-order valence-corrected chi connectivity index (χ1v) is 10.6. The van der Waals surface area contributed by atoms with Crippen molar-refractivity contribution in [1.82, 2.24) is 9.88 Å². The van der Waals surface area contributed by atoms with Gasteiger partial charge in [-0.2, -0.15) is 0 Å². The van der Waals surface area contributed by atoms with Crippen LogP contribution in [0.3, 0.4) is 0 Å². The van der Waals surface area contributed by atoms with Crippen molar-refractivity contribution in [3.05, 3.63) is 66.1 Å². The van der Waals surface area contributed by atoms with Crippen molar-refractivity contribution in [3.8, 4) is 0 Å². The van der Waals surface area contributed by atoms with Crippen LogP contribution in [0.25, 0.3) is 10.9 Å². The van der Waals surface area contributed by atoms with Gasteiger partial charge in [-0.25, -0.2) is 9.18 Å². The van der Waals surface area contributed by atoms with Crippen LogP contribution in [-0.4, -0.2) is 48.0 Å². The molecule has 0 atom stereocenters. The standard InChI is InChI=1S/C24H26FN3O3/c25-20-5-2-18(3-6-20)23(29)19-9-13-28(14-10-19)12-1-15-31-24(30)27-21-7-4-17-8-11-26-22(17)16-21/h2-8,11,16,19,26H,1,9-10,12-15H2,(H,27,30). The minimum absolute atomic E-state index is 0.0132. The number of hydrogen-bond acceptors (Lipinski definition) is 4. The van der Waals surface area contributed by atoms with E-state index in [0.29, 0.717) is 17.9 Å². The van der Waals surface area contributed by atoms with Crippen molar-refractivity contribution in [1.29, 1.82) is 0 Å². The van der Waals surface area contributed by atoms with Gasteiger partial charge in [-0.1, -0.05) is 6.07 Å². The molecular formula is C24H26FN3O3. The number of ketones is 1. The lowest BCUT2D eigenvalue weighted by atomic mass is 9.89. The number of amides is 1. The summed E-state index contributed by atoms with van der Waals surface area (Å²) in [6, 6.07) is 13.4. The summed E-state index contributed by atoms with van der Waals surface area (Å²) < 4.78 is 18.3. The Balaban J connectivity index is 1.13. The maximum Gasteiger partial charge on any atom is 0.411 e. The van der Waals surface area contributed by atoms with E-state index in [0.717, 1.165) is 49.8 Å². The Hall–Kier alpha value is -3.19. The highest BCUT2D eigenvalue weighted by Crippen LogP contribution is 2.22. The normalized spacial score (nSPS) is 15.1. The molecule has 4 rings (SSSR count). The first-order chi connectivity index (χ1) is 15.1. The number of fused-ring (bicyclic) bond motifs is 1. The summed E-state index contributed by atoms with van der Waals surface area (Å²) in [4.78, 5) is 29.9. The highest BCUT2D eigenvalue weighted by atomic mass is 19.1. The minimum Gasteiger partial charge on any atom is -0.449 e. The number of likely N-dealkylation sites (tertiary alicyclic amines) is 1. The Labute approximate surface area is 180 Å². The molecule has 2 heterocycles. The smallest absolute Gasteiger partial charge is 0.411 e. The molecule has 7 heteroatoms. The van der Waals surface area contributed by atoms with Crippen LogP contribution in [0.1, 0.15) is 29.6 Å². The van der Waals surface area contributed by atoms with E-state index in [1.165, 1.54) is 12.1 Å². The number of H-pyrrole nitrogens is 1. The predicted octanol–water partition coefficient (Wildman–Crippen LogP) is 4.84. The quantitative estimate of drug-likeness (QED) is 0.421. The summed E-state index contributed by atoms with van der Waals surface area (Å²) in [6.45, 7) is 2.82. The second-order valence-electron chi connectivity index (χ2n) is 7.88. The largest absolute Gasteiger partial charge is 0.449 e. The van der Waals surface area contributed by atoms with Gasteiger partial charge >= 0.3 is 6.09 Å². The number of piperidine rings is 1. The summed E-state index contributed by atoms with van der Waals surface area (Å²) in [6.07, 6.45) is 3.71. The third-order valence-electron chi connectivity index (χ3n) is 5.74. The Kier molecular flexibility index (Phi) is 6.62. The number of Topliss-reactive ketones (excluding diaryl/α,β-unsaturated/α-hetero) is 1. The molecule has 1 aromatic heterocycles. The fourth-order valence-electron chi connectivity index (χ4n) is 4.00. The van der Waals surface area contributed by atoms with Gasteiger partial charge in [-0.05, 0) is 80.2 Å². The van der Waals surface area contributed by atoms with Crippen LogP contribution in [-0.2, 0) is 4.74 Å². The topological polar surface area (TPSA) is 74.4 Å². The van der Waals surface area contributed by atoms with Gasteiger partial charge in [0.25, 0.3) is 0 Å². The number of nitrogens with one attached hydrogen (secondary N) is 2. The summed E-state index contributed by atoms with van der Waals surface area (Å²) in [5, 5.41) is 3.83. The molecule has 0 unspecified atom stereocenters. The van der Waals surface area contributed by atoms with Gasteiger partial charge in [-0.3, -0.25) is 10.1 Å². The second kappa shape index (κ2) is 9.75. The Bertz CT molecular complexity index is 1040. The monoisotopic (exact) mass is 423 g/mol. The van der Waals surface area contributed by atoms with Gasteiger partial charge in [0, 0.05) is 35.4 Å². The van der Waals surface area contributed by atoms with E-state index in [-0.39, 0.29) is 17.5 Å². The predicted molar refractivity (Wildman–Crippen MR) is 118 cm³/mol. The van der Waals surface area contributed by atoms with Crippen LogP contribution in [0, 0.1) is 11.7 Å². The molecule has 2 aromatic carbocycles. The number of halogens is 1. The van der Waals surface area contributed by atoms with Crippen LogP contribution < -0.4 is 5.32 Å². The molecule has 0 radical (unpaired) electrons. The molecule has 0 saturated carbocycles. The number of aromatic amines is 1. The van der Waals surface area contributed by atoms with E-state index in [1.54, 1.807) is 12.1 Å². The van der Waals surface area contributed by atoms with E-state index in [4.69, 9.17) is 4.74 Å². The molecule has 1 aliphatic rings. The minimum atomic E-state index is -0.463. The third-order valence-corrected chi connectivity index (χ3v) is 5.74. The number of aromatic nitrogens is 1. The summed E-state index contributed by atoms with van der Waals surface area (Å²) in [5.41, 5.74) is 2.22. The average Bonchev–Trinajstić information content (AvgIpc) is 3.25. The number of ether oxygens (including phenoxy) is 1. The maximum atomic E-state index is 13.0. The second-order valence-corrected chi connectivity index (χ2v) is 7.88. The van der Waals surface area contributed by atoms with Crippen LogP contribution in [0.15, 0.2) is 54.7 Å². The van der Waals surface area contributed by atoms with Crippen LogP contribution in [0.5, 0.6) is 0 Å². The van der Waals surface area contributed by atoms with Crippen LogP contribution in [0.4, 0.5) is 14.9 Å². The Morgan fingerprint density at radius 3 is 2.65 bits per heavy atom. The molecule has 6 nitrogen and oxygen atoms in total. The molecule has 162 valence electrons. The van der Waals surface area contributed by atoms with E-state index < -0.39 is 6.09 Å². The number of anilines is 1. The lowest BCUT2D eigenvalue weighted by Crippen LogP contribution is -2.37. The van der Waals surface area contributed by atoms with E-state index >= 15 is 0 Å². The van der Waals surface area contributed by atoms with Crippen molar-refractivity contribution in [2.45, 2.75) is 19.3 Å². The molecule has 31 heavy (non-hydrogen) atoms. The zero-order valence-electron chi connectivity index (χ0n) is 17.3. The fourth-order valence-corrected chi connectivity index (χ4v) is 4.00. The number of nitrogens with zero attached hydrogens (tertiary/aromatic N) is 1. The molecular weight excluding hydrogens is 397 g/mol. The molecule has 0 bridgehead atoms. The van der Waals surface area contributed by atoms with Gasteiger partial charge in [0.2, 0.25) is 0 Å². The first-order valence-electron chi connectivity index (χ1n) is 10.6. The van der Waals surface area contributed by atoms with E-state index in [2.05, 4.69) is 15.2 Å². The van der Waals surface area contributed by atoms with Gasteiger partial charge in [0.15, 0.2) is 5.78 Å². The van der Waals surface area contributed by atoms with Crippen molar-refractivity contribution >= 4 is 28.5 Å². The Morgan fingerprint density at radius 1 is 1.10 bits per heavy atom. The molecule has 3 aromatic rings. The van der Waals surface area contributed by atoms with E-state index in [9.17, 15) is 14.0 Å². The summed E-state index contributed by atoms with van der Waals surface area (Å²) >= 11 is 0. The van der Waals surface area contributed by atoms with Gasteiger partial charge < -0.3 is 14.6 Å². The van der Waals surface area contributed by atoms with Gasteiger partial charge in [-0.15, -0.1) is 0 Å². The van der Waals surface area contributed by atoms with Crippen molar-refractivity contribution in [3.63, 3.8) is 0 Å². The highest BCUT2D eigenvalue weighted by molar-refractivity contribution is 5.97. The first kappa shape index (κ1) is 21.1. The van der Waals surface area contributed by atoms with Gasteiger partial charge in [0.05, 0.1) is 6.61 Å². The zero-order chi connectivity index (χ0) is 21.6. The molecule has 2 N–H and O–H groups in total. The SMILES string of the molecule is O=C(Nc1ccc2cc[nH]c2c1)OCCCN1CCC(C(=O)c2ccc(F)cc2)CC1. The highest BCUT2D eigenvalue weighted by Gasteiger charge is 2.25. The number of hydrogen-bond donors (Lipinski definition) is 2. The molecule has 0 aliphatic carbocycles. The van der Waals surface area contributed by atoms with Crippen molar-refractivity contribution < 1.29 is 18.7 Å².